The quantitative estimate of drug-likeness (QED) is 0.478. The lowest BCUT2D eigenvalue weighted by Crippen LogP contribution is -2.49. The van der Waals surface area contributed by atoms with Crippen molar-refractivity contribution in [3.05, 3.63) is 63.7 Å². The maximum Gasteiger partial charge on any atom is 0.271 e. The summed E-state index contributed by atoms with van der Waals surface area (Å²) in [5, 5.41) is 13.9. The molecule has 0 radical (unpaired) electrons. The van der Waals surface area contributed by atoms with Crippen molar-refractivity contribution >= 4 is 27.3 Å². The maximum atomic E-state index is 12.9. The number of nitrogens with one attached hydrogen (secondary N) is 1. The molecule has 0 heterocycles. The molecular formula is C20H25N3O6S. The molecule has 1 amide bonds. The second kappa shape index (κ2) is 9.57. The average Bonchev–Trinajstić information content (AvgIpc) is 2.70. The van der Waals surface area contributed by atoms with Gasteiger partial charge in [0.2, 0.25) is 15.9 Å². The van der Waals surface area contributed by atoms with E-state index in [-0.39, 0.29) is 24.3 Å². The Morgan fingerprint density at radius 3 is 2.50 bits per heavy atom. The molecule has 2 aromatic carbocycles. The van der Waals surface area contributed by atoms with Crippen molar-refractivity contribution in [1.29, 1.82) is 0 Å². The van der Waals surface area contributed by atoms with Gasteiger partial charge in [-0.1, -0.05) is 31.2 Å². The predicted molar refractivity (Wildman–Crippen MR) is 114 cm³/mol. The molecule has 0 aromatic heterocycles. The van der Waals surface area contributed by atoms with Gasteiger partial charge >= 0.3 is 0 Å². The summed E-state index contributed by atoms with van der Waals surface area (Å²) in [5.41, 5.74) is 1.09. The number of aryl methyl sites for hydroxylation is 1. The minimum atomic E-state index is -3.91. The molecule has 0 spiro atoms. The van der Waals surface area contributed by atoms with Crippen LogP contribution in [0.2, 0.25) is 0 Å². The zero-order valence-corrected chi connectivity index (χ0v) is 18.1. The topological polar surface area (TPSA) is 119 Å². The predicted octanol–water partition coefficient (Wildman–Crippen LogP) is 2.77. The van der Waals surface area contributed by atoms with Crippen molar-refractivity contribution < 1.29 is 22.9 Å². The van der Waals surface area contributed by atoms with Gasteiger partial charge in [0.25, 0.3) is 5.69 Å². The van der Waals surface area contributed by atoms with Crippen molar-refractivity contribution in [2.75, 3.05) is 17.7 Å². The van der Waals surface area contributed by atoms with Crippen molar-refractivity contribution in [2.24, 2.45) is 0 Å². The van der Waals surface area contributed by atoms with Gasteiger partial charge in [0, 0.05) is 24.2 Å². The molecule has 0 bridgehead atoms. The van der Waals surface area contributed by atoms with Crippen LogP contribution < -0.4 is 14.4 Å². The van der Waals surface area contributed by atoms with Crippen LogP contribution in [0, 0.1) is 17.0 Å². The maximum absolute atomic E-state index is 12.9. The average molecular weight is 436 g/mol. The third-order valence-corrected chi connectivity index (χ3v) is 5.78. The fourth-order valence-corrected chi connectivity index (χ4v) is 4.39. The van der Waals surface area contributed by atoms with Crippen molar-refractivity contribution in [1.82, 2.24) is 5.32 Å². The number of nitro groups is 1. The van der Waals surface area contributed by atoms with Gasteiger partial charge in [0.05, 0.1) is 24.0 Å². The molecule has 162 valence electrons. The first-order valence-corrected chi connectivity index (χ1v) is 11.1. The lowest BCUT2D eigenvalue weighted by atomic mass is 10.1. The Morgan fingerprint density at radius 2 is 1.93 bits per heavy atom. The van der Waals surface area contributed by atoms with Crippen LogP contribution in [0.15, 0.2) is 42.5 Å². The standard InChI is InChI=1S/C20H25N3O6S/c1-5-17(20(24)21-13-15-8-6-7-9-19(15)29-3)22(30(4,27)28)18-12-16(23(25)26)11-10-14(18)2/h6-12,17H,5,13H2,1-4H3,(H,21,24)/t17-/m1/s1. The lowest BCUT2D eigenvalue weighted by molar-refractivity contribution is -0.384. The van der Waals surface area contributed by atoms with Gasteiger partial charge in [-0.25, -0.2) is 8.42 Å². The summed E-state index contributed by atoms with van der Waals surface area (Å²) < 4.78 is 31.4. The highest BCUT2D eigenvalue weighted by Crippen LogP contribution is 2.30. The number of methoxy groups -OCH3 is 1. The number of hydrogen-bond donors (Lipinski definition) is 1. The van der Waals surface area contributed by atoms with E-state index in [0.717, 1.165) is 16.1 Å². The molecule has 1 N–H and O–H groups in total. The number of nitrogens with zero attached hydrogens (tertiary/aromatic N) is 2. The van der Waals surface area contributed by atoms with Crippen molar-refractivity contribution in [2.45, 2.75) is 32.9 Å². The molecule has 0 saturated carbocycles. The molecular weight excluding hydrogens is 410 g/mol. The number of ether oxygens (including phenoxy) is 1. The second-order valence-electron chi connectivity index (χ2n) is 6.74. The summed E-state index contributed by atoms with van der Waals surface area (Å²) in [7, 11) is -2.39. The third kappa shape index (κ3) is 5.26. The van der Waals surface area contributed by atoms with Gasteiger partial charge in [-0.05, 0) is 25.0 Å². The van der Waals surface area contributed by atoms with Gasteiger partial charge in [-0.2, -0.15) is 0 Å². The summed E-state index contributed by atoms with van der Waals surface area (Å²) in [6.07, 6.45) is 1.15. The smallest absolute Gasteiger partial charge is 0.271 e. The van der Waals surface area contributed by atoms with Crippen LogP contribution in [0.1, 0.15) is 24.5 Å². The van der Waals surface area contributed by atoms with Crippen molar-refractivity contribution in [3.63, 3.8) is 0 Å². The number of amides is 1. The van der Waals surface area contributed by atoms with Gasteiger partial charge in [0.1, 0.15) is 11.8 Å². The van der Waals surface area contributed by atoms with Crippen LogP contribution >= 0.6 is 0 Å². The largest absolute Gasteiger partial charge is 0.496 e. The number of carbonyl (C=O) groups excluding carboxylic acids is 1. The highest BCUT2D eigenvalue weighted by molar-refractivity contribution is 7.92. The molecule has 0 aliphatic rings. The molecule has 10 heteroatoms. The van der Waals surface area contributed by atoms with Gasteiger partial charge in [0.15, 0.2) is 0 Å². The lowest BCUT2D eigenvalue weighted by Gasteiger charge is -2.31. The molecule has 1 atom stereocenters. The summed E-state index contributed by atoms with van der Waals surface area (Å²) in [6.45, 7) is 3.46. The van der Waals surface area contributed by atoms with E-state index in [1.54, 1.807) is 38.1 Å². The summed E-state index contributed by atoms with van der Waals surface area (Å²) in [5.74, 6) is 0.0834. The van der Waals surface area contributed by atoms with Crippen LogP contribution in [0.5, 0.6) is 5.75 Å². The van der Waals surface area contributed by atoms with Crippen LogP contribution in [-0.4, -0.2) is 38.7 Å². The first kappa shape index (κ1) is 23.1. The first-order chi connectivity index (χ1) is 14.1. The third-order valence-electron chi connectivity index (χ3n) is 4.62. The molecule has 30 heavy (non-hydrogen) atoms. The van der Waals surface area contributed by atoms with Crippen LogP contribution in [-0.2, 0) is 21.4 Å². The fraction of sp³-hybridized carbons (Fsp3) is 0.350. The summed E-state index contributed by atoms with van der Waals surface area (Å²) in [4.78, 5) is 23.5. The van der Waals surface area contributed by atoms with E-state index in [1.807, 2.05) is 0 Å². The van der Waals surface area contributed by atoms with Crippen molar-refractivity contribution in [3.8, 4) is 5.75 Å². The zero-order valence-electron chi connectivity index (χ0n) is 17.3. The summed E-state index contributed by atoms with van der Waals surface area (Å²) >= 11 is 0. The number of carbonyl (C=O) groups is 1. The number of benzene rings is 2. The molecule has 9 nitrogen and oxygen atoms in total. The van der Waals surface area contributed by atoms with Crippen LogP contribution in [0.4, 0.5) is 11.4 Å². The van der Waals surface area contributed by atoms with E-state index in [9.17, 15) is 23.3 Å². The van der Waals surface area contributed by atoms with Crippen LogP contribution in [0.3, 0.4) is 0 Å². The van der Waals surface area contributed by atoms with E-state index in [1.165, 1.54) is 25.3 Å². The molecule has 2 aromatic rings. The Balaban J connectivity index is 2.39. The Labute approximate surface area is 175 Å². The highest BCUT2D eigenvalue weighted by atomic mass is 32.2. The Hall–Kier alpha value is -3.14. The number of para-hydroxylation sites is 1. The molecule has 0 aliphatic heterocycles. The normalized spacial score (nSPS) is 12.1. The van der Waals surface area contributed by atoms with E-state index in [0.29, 0.717) is 11.3 Å². The molecule has 2 rings (SSSR count). The second-order valence-corrected chi connectivity index (χ2v) is 8.60. The number of nitro benzene ring substituents is 1. The Kier molecular flexibility index (Phi) is 7.38. The Morgan fingerprint density at radius 1 is 1.27 bits per heavy atom. The van der Waals surface area contributed by atoms with Gasteiger partial charge < -0.3 is 10.1 Å². The number of anilines is 1. The number of sulfonamides is 1. The van der Waals surface area contributed by atoms with Gasteiger partial charge in [-0.3, -0.25) is 19.2 Å². The molecule has 0 fully saturated rings. The van der Waals surface area contributed by atoms with E-state index >= 15 is 0 Å². The minimum absolute atomic E-state index is 0.103. The van der Waals surface area contributed by atoms with Gasteiger partial charge in [-0.15, -0.1) is 0 Å². The molecule has 0 saturated heterocycles. The van der Waals surface area contributed by atoms with Crippen LogP contribution in [0.25, 0.3) is 0 Å². The zero-order chi connectivity index (χ0) is 22.5. The minimum Gasteiger partial charge on any atom is -0.496 e. The number of rotatable bonds is 9. The monoisotopic (exact) mass is 435 g/mol. The number of non-ortho nitro benzene ring substituents is 1. The van der Waals surface area contributed by atoms with E-state index in [4.69, 9.17) is 4.74 Å². The number of hydrogen-bond acceptors (Lipinski definition) is 6. The fourth-order valence-electron chi connectivity index (χ4n) is 3.13. The van der Waals surface area contributed by atoms with E-state index in [2.05, 4.69) is 5.32 Å². The molecule has 0 unspecified atom stereocenters. The molecule has 0 aliphatic carbocycles. The highest BCUT2D eigenvalue weighted by Gasteiger charge is 2.33. The SMILES string of the molecule is CC[C@H](C(=O)NCc1ccccc1OC)N(c1cc([N+](=O)[O-])ccc1C)S(C)(=O)=O. The Bertz CT molecular complexity index is 1040. The van der Waals surface area contributed by atoms with E-state index < -0.39 is 26.9 Å². The summed E-state index contributed by atoms with van der Waals surface area (Å²) in [6, 6.07) is 10.0. The first-order valence-electron chi connectivity index (χ1n) is 9.24.